The summed E-state index contributed by atoms with van der Waals surface area (Å²) >= 11 is 0. The van der Waals surface area contributed by atoms with E-state index in [-0.39, 0.29) is 11.8 Å². The summed E-state index contributed by atoms with van der Waals surface area (Å²) in [5.74, 6) is 0.512. The van der Waals surface area contributed by atoms with E-state index in [9.17, 15) is 10.2 Å². The van der Waals surface area contributed by atoms with Gasteiger partial charge in [-0.1, -0.05) is 0 Å². The van der Waals surface area contributed by atoms with E-state index in [1.807, 2.05) is 6.92 Å². The van der Waals surface area contributed by atoms with Crippen molar-refractivity contribution in [1.29, 1.82) is 0 Å². The van der Waals surface area contributed by atoms with Crippen LogP contribution in [-0.2, 0) is 19.4 Å². The molecule has 0 spiro atoms. The SMILES string of the molecule is CCn1c(O)c2c(c1O)CC2. The molecule has 1 aliphatic rings. The zero-order chi connectivity index (χ0) is 8.01. The summed E-state index contributed by atoms with van der Waals surface area (Å²) in [6.07, 6.45) is 1.81. The van der Waals surface area contributed by atoms with Gasteiger partial charge in [0.1, 0.15) is 0 Å². The van der Waals surface area contributed by atoms with Crippen molar-refractivity contribution in [3.63, 3.8) is 0 Å². The van der Waals surface area contributed by atoms with Crippen LogP contribution in [0, 0.1) is 0 Å². The molecule has 0 saturated heterocycles. The number of rotatable bonds is 1. The molecular formula is C8H11NO2. The first-order chi connectivity index (χ1) is 5.25. The summed E-state index contributed by atoms with van der Waals surface area (Å²) in [4.78, 5) is 0. The Kier molecular flexibility index (Phi) is 1.16. The Morgan fingerprint density at radius 2 is 1.64 bits per heavy atom. The molecule has 0 aliphatic heterocycles. The quantitative estimate of drug-likeness (QED) is 0.632. The Balaban J connectivity index is 2.62. The second-order valence-electron chi connectivity index (χ2n) is 2.85. The minimum atomic E-state index is 0.256. The van der Waals surface area contributed by atoms with Gasteiger partial charge in [0, 0.05) is 17.7 Å². The average Bonchev–Trinajstić information content (AvgIpc) is 1.99. The number of nitrogens with zero attached hydrogens (tertiary/aromatic N) is 1. The third-order valence-corrected chi connectivity index (χ3v) is 2.36. The molecule has 2 rings (SSSR count). The van der Waals surface area contributed by atoms with Crippen LogP contribution < -0.4 is 0 Å². The maximum atomic E-state index is 9.45. The molecule has 3 nitrogen and oxygen atoms in total. The van der Waals surface area contributed by atoms with Gasteiger partial charge in [0.2, 0.25) is 0 Å². The van der Waals surface area contributed by atoms with Crippen LogP contribution in [0.1, 0.15) is 18.1 Å². The summed E-state index contributed by atoms with van der Waals surface area (Å²) in [6.45, 7) is 2.53. The predicted octanol–water partition coefficient (Wildman–Crippen LogP) is 1.02. The van der Waals surface area contributed by atoms with Gasteiger partial charge in [-0.05, 0) is 19.8 Å². The van der Waals surface area contributed by atoms with Crippen LogP contribution in [0.3, 0.4) is 0 Å². The number of hydrogen-bond acceptors (Lipinski definition) is 2. The highest BCUT2D eigenvalue weighted by molar-refractivity contribution is 5.51. The van der Waals surface area contributed by atoms with Gasteiger partial charge in [-0.15, -0.1) is 0 Å². The zero-order valence-electron chi connectivity index (χ0n) is 6.46. The molecule has 1 heterocycles. The zero-order valence-corrected chi connectivity index (χ0v) is 6.46. The molecule has 0 aromatic carbocycles. The van der Waals surface area contributed by atoms with Crippen LogP contribution in [0.15, 0.2) is 0 Å². The third-order valence-electron chi connectivity index (χ3n) is 2.36. The molecule has 60 valence electrons. The van der Waals surface area contributed by atoms with Gasteiger partial charge < -0.3 is 10.2 Å². The molecule has 1 aliphatic carbocycles. The second kappa shape index (κ2) is 1.94. The van der Waals surface area contributed by atoms with E-state index in [1.165, 1.54) is 4.57 Å². The molecule has 3 heteroatoms. The van der Waals surface area contributed by atoms with Gasteiger partial charge in [0.05, 0.1) is 0 Å². The lowest BCUT2D eigenvalue weighted by Gasteiger charge is -2.11. The highest BCUT2D eigenvalue weighted by Crippen LogP contribution is 2.40. The Morgan fingerprint density at radius 3 is 1.91 bits per heavy atom. The number of hydrogen-bond donors (Lipinski definition) is 2. The molecule has 0 fully saturated rings. The first kappa shape index (κ1) is 6.58. The van der Waals surface area contributed by atoms with Crippen molar-refractivity contribution < 1.29 is 10.2 Å². The van der Waals surface area contributed by atoms with Crippen LogP contribution in [0.25, 0.3) is 0 Å². The first-order valence-electron chi connectivity index (χ1n) is 3.87. The lowest BCUT2D eigenvalue weighted by atomic mass is 9.93. The van der Waals surface area contributed by atoms with Crippen molar-refractivity contribution in [1.82, 2.24) is 4.57 Å². The van der Waals surface area contributed by atoms with E-state index >= 15 is 0 Å². The summed E-state index contributed by atoms with van der Waals surface area (Å²) in [7, 11) is 0. The smallest absolute Gasteiger partial charge is 0.197 e. The maximum absolute atomic E-state index is 9.45. The molecule has 0 atom stereocenters. The fourth-order valence-electron chi connectivity index (χ4n) is 1.59. The molecule has 1 aromatic heterocycles. The number of aromatic hydroxyl groups is 2. The fraction of sp³-hybridized carbons (Fsp3) is 0.500. The van der Waals surface area contributed by atoms with E-state index in [1.54, 1.807) is 0 Å². The molecule has 2 N–H and O–H groups in total. The van der Waals surface area contributed by atoms with Gasteiger partial charge in [-0.2, -0.15) is 0 Å². The van der Waals surface area contributed by atoms with Crippen molar-refractivity contribution in [3.05, 3.63) is 11.1 Å². The Morgan fingerprint density at radius 1 is 1.18 bits per heavy atom. The molecule has 11 heavy (non-hydrogen) atoms. The molecule has 0 amide bonds. The predicted molar refractivity (Wildman–Crippen MR) is 40.8 cm³/mol. The lowest BCUT2D eigenvalue weighted by Crippen LogP contribution is -2.03. The maximum Gasteiger partial charge on any atom is 0.197 e. The van der Waals surface area contributed by atoms with Crippen LogP contribution in [0.2, 0.25) is 0 Å². The highest BCUT2D eigenvalue weighted by Gasteiger charge is 2.27. The van der Waals surface area contributed by atoms with E-state index in [2.05, 4.69) is 0 Å². The van der Waals surface area contributed by atoms with Gasteiger partial charge in [0.25, 0.3) is 0 Å². The van der Waals surface area contributed by atoms with Gasteiger partial charge in [-0.3, -0.25) is 4.57 Å². The first-order valence-corrected chi connectivity index (χ1v) is 3.87. The average molecular weight is 153 g/mol. The highest BCUT2D eigenvalue weighted by atomic mass is 16.3. The van der Waals surface area contributed by atoms with Gasteiger partial charge in [-0.25, -0.2) is 0 Å². The van der Waals surface area contributed by atoms with Gasteiger partial charge in [0.15, 0.2) is 11.8 Å². The van der Waals surface area contributed by atoms with E-state index in [0.29, 0.717) is 6.54 Å². The Hall–Kier alpha value is -1.12. The number of fused-ring (bicyclic) bond motifs is 1. The molecular weight excluding hydrogens is 142 g/mol. The number of aromatic nitrogens is 1. The van der Waals surface area contributed by atoms with Crippen molar-refractivity contribution in [3.8, 4) is 11.8 Å². The molecule has 0 bridgehead atoms. The van der Waals surface area contributed by atoms with Crippen LogP contribution >= 0.6 is 0 Å². The molecule has 0 unspecified atom stereocenters. The minimum Gasteiger partial charge on any atom is -0.494 e. The van der Waals surface area contributed by atoms with Crippen molar-refractivity contribution in [2.75, 3.05) is 0 Å². The molecule has 1 aromatic rings. The topological polar surface area (TPSA) is 45.4 Å². The summed E-state index contributed by atoms with van der Waals surface area (Å²) in [5.41, 5.74) is 1.87. The van der Waals surface area contributed by atoms with Crippen molar-refractivity contribution in [2.45, 2.75) is 26.3 Å². The fourth-order valence-corrected chi connectivity index (χ4v) is 1.59. The van der Waals surface area contributed by atoms with Crippen LogP contribution in [0.4, 0.5) is 0 Å². The van der Waals surface area contributed by atoms with Crippen molar-refractivity contribution >= 4 is 0 Å². The minimum absolute atomic E-state index is 0.256. The summed E-state index contributed by atoms with van der Waals surface area (Å²) in [6, 6.07) is 0. The van der Waals surface area contributed by atoms with E-state index in [4.69, 9.17) is 0 Å². The normalized spacial score (nSPS) is 14.3. The molecule has 0 saturated carbocycles. The van der Waals surface area contributed by atoms with E-state index in [0.717, 1.165) is 24.0 Å². The van der Waals surface area contributed by atoms with Crippen LogP contribution in [-0.4, -0.2) is 14.8 Å². The van der Waals surface area contributed by atoms with Gasteiger partial charge >= 0.3 is 0 Å². The van der Waals surface area contributed by atoms with E-state index < -0.39 is 0 Å². The molecule has 0 radical (unpaired) electrons. The Bertz CT molecular complexity index is 274. The lowest BCUT2D eigenvalue weighted by molar-refractivity contribution is 0.372. The monoisotopic (exact) mass is 153 g/mol. The standard InChI is InChI=1S/C8H11NO2/c1-2-9-7(10)5-3-4-6(5)8(9)11/h10-11H,2-4H2,1H3. The summed E-state index contributed by atoms with van der Waals surface area (Å²) in [5, 5.41) is 18.9. The largest absolute Gasteiger partial charge is 0.494 e. The Labute approximate surface area is 64.9 Å². The summed E-state index contributed by atoms with van der Waals surface area (Å²) < 4.78 is 1.54. The van der Waals surface area contributed by atoms with Crippen LogP contribution in [0.5, 0.6) is 11.8 Å². The third kappa shape index (κ3) is 0.628. The van der Waals surface area contributed by atoms with Crippen molar-refractivity contribution in [2.24, 2.45) is 0 Å². The second-order valence-corrected chi connectivity index (χ2v) is 2.85.